The molecule has 0 atom stereocenters. The molecule has 2 aromatic heterocycles. The van der Waals surface area contributed by atoms with E-state index in [0.29, 0.717) is 13.3 Å². The first-order valence-electron chi connectivity index (χ1n) is 7.28. The molecule has 0 fully saturated rings. The van der Waals surface area contributed by atoms with Gasteiger partial charge < -0.3 is 4.90 Å². The molecule has 0 amide bonds. The highest BCUT2D eigenvalue weighted by atomic mass is 32.2. The van der Waals surface area contributed by atoms with Crippen LogP contribution in [-0.4, -0.2) is 34.9 Å². The second kappa shape index (κ2) is 7.11. The summed E-state index contributed by atoms with van der Waals surface area (Å²) in [4.78, 5) is 2.32. The summed E-state index contributed by atoms with van der Waals surface area (Å²) in [5, 5.41) is 8.66. The Hall–Kier alpha value is -1.60. The number of nitrogens with zero attached hydrogens (tertiary/aromatic N) is 5. The summed E-state index contributed by atoms with van der Waals surface area (Å²) in [7, 11) is 0. The maximum absolute atomic E-state index is 5.54. The second-order valence-corrected chi connectivity index (χ2v) is 6.67. The zero-order valence-electron chi connectivity index (χ0n) is 12.6. The van der Waals surface area contributed by atoms with E-state index in [9.17, 15) is 0 Å². The highest BCUT2D eigenvalue weighted by molar-refractivity contribution is 8.23. The van der Waals surface area contributed by atoms with Gasteiger partial charge in [0.2, 0.25) is 0 Å². The third-order valence-corrected chi connectivity index (χ3v) is 5.12. The van der Waals surface area contributed by atoms with Gasteiger partial charge in [0.1, 0.15) is 13.3 Å². The minimum absolute atomic E-state index is 0.711. The molecule has 0 bridgehead atoms. The van der Waals surface area contributed by atoms with Gasteiger partial charge in [0.15, 0.2) is 0 Å². The Morgan fingerprint density at radius 1 is 1.18 bits per heavy atom. The third-order valence-electron chi connectivity index (χ3n) is 3.75. The van der Waals surface area contributed by atoms with Gasteiger partial charge in [-0.1, -0.05) is 12.2 Å². The molecule has 0 radical (unpaired) electrons. The summed E-state index contributed by atoms with van der Waals surface area (Å²) in [5.41, 5.74) is 2.66. The number of hydrogen-bond acceptors (Lipinski definition) is 5. The van der Waals surface area contributed by atoms with Crippen molar-refractivity contribution in [2.24, 2.45) is 0 Å². The van der Waals surface area contributed by atoms with Gasteiger partial charge in [-0.05, 0) is 43.2 Å². The smallest absolute Gasteiger partial charge is 0.113 e. The summed E-state index contributed by atoms with van der Waals surface area (Å²) < 4.78 is 4.89. The standard InChI is InChI=1S/C15H19N5S2/c1-22-15(21)13-5-2-6-14(13)18(11-19-9-3-7-16-19)12-20-10-4-8-17-20/h3-4,7-10H,2,5-6,11-12H2,1H3. The van der Waals surface area contributed by atoms with Crippen LogP contribution in [0, 0.1) is 0 Å². The summed E-state index contributed by atoms with van der Waals surface area (Å²) in [5.74, 6) is 0. The Morgan fingerprint density at radius 2 is 1.82 bits per heavy atom. The van der Waals surface area contributed by atoms with Crippen molar-refractivity contribution in [2.75, 3.05) is 6.26 Å². The molecule has 5 nitrogen and oxygen atoms in total. The van der Waals surface area contributed by atoms with E-state index in [1.807, 2.05) is 46.3 Å². The van der Waals surface area contributed by atoms with Crippen molar-refractivity contribution >= 4 is 28.2 Å². The van der Waals surface area contributed by atoms with Crippen molar-refractivity contribution in [3.63, 3.8) is 0 Å². The number of hydrogen-bond donors (Lipinski definition) is 0. The van der Waals surface area contributed by atoms with Crippen LogP contribution in [0.4, 0.5) is 0 Å². The molecule has 1 aliphatic carbocycles. The molecule has 0 saturated heterocycles. The maximum atomic E-state index is 5.54. The van der Waals surface area contributed by atoms with E-state index in [4.69, 9.17) is 12.2 Å². The minimum atomic E-state index is 0.711. The first-order valence-corrected chi connectivity index (χ1v) is 8.91. The zero-order valence-corrected chi connectivity index (χ0v) is 14.2. The summed E-state index contributed by atoms with van der Waals surface area (Å²) in [6.45, 7) is 1.42. The Balaban J connectivity index is 1.88. The Labute approximate surface area is 140 Å². The largest absolute Gasteiger partial charge is 0.336 e. The lowest BCUT2D eigenvalue weighted by atomic mass is 10.2. The average molecular weight is 333 g/mol. The van der Waals surface area contributed by atoms with E-state index in [-0.39, 0.29) is 0 Å². The summed E-state index contributed by atoms with van der Waals surface area (Å²) in [6.07, 6.45) is 12.9. The van der Waals surface area contributed by atoms with Gasteiger partial charge in [0.05, 0.1) is 4.20 Å². The van der Waals surface area contributed by atoms with Gasteiger partial charge in [0, 0.05) is 30.5 Å². The number of allylic oxidation sites excluding steroid dienone is 1. The van der Waals surface area contributed by atoms with E-state index < -0.39 is 0 Å². The summed E-state index contributed by atoms with van der Waals surface area (Å²) >= 11 is 7.20. The Kier molecular flexibility index (Phi) is 4.94. The van der Waals surface area contributed by atoms with E-state index in [2.05, 4.69) is 21.4 Å². The fraction of sp³-hybridized carbons (Fsp3) is 0.400. The topological polar surface area (TPSA) is 38.9 Å². The van der Waals surface area contributed by atoms with E-state index in [0.717, 1.165) is 17.0 Å². The van der Waals surface area contributed by atoms with Crippen LogP contribution in [-0.2, 0) is 13.3 Å². The SMILES string of the molecule is CSC(=S)C1=C(N(Cn2cccn2)Cn2cccn2)CCC1. The monoisotopic (exact) mass is 333 g/mol. The van der Waals surface area contributed by atoms with Gasteiger partial charge in [0.25, 0.3) is 0 Å². The van der Waals surface area contributed by atoms with E-state index >= 15 is 0 Å². The van der Waals surface area contributed by atoms with E-state index in [1.165, 1.54) is 17.7 Å². The van der Waals surface area contributed by atoms with Crippen molar-refractivity contribution in [2.45, 2.75) is 32.6 Å². The third kappa shape index (κ3) is 3.41. The number of aromatic nitrogens is 4. The fourth-order valence-corrected chi connectivity index (χ4v) is 3.44. The lowest BCUT2D eigenvalue weighted by Crippen LogP contribution is -2.29. The normalized spacial score (nSPS) is 14.6. The van der Waals surface area contributed by atoms with Crippen molar-refractivity contribution < 1.29 is 0 Å². The maximum Gasteiger partial charge on any atom is 0.113 e. The Bertz CT molecular complexity index is 609. The lowest BCUT2D eigenvalue weighted by Gasteiger charge is -2.27. The predicted octanol–water partition coefficient (Wildman–Crippen LogP) is 3.13. The Morgan fingerprint density at radius 3 is 2.32 bits per heavy atom. The molecular formula is C15H19N5S2. The first kappa shape index (κ1) is 15.3. The van der Waals surface area contributed by atoms with Crippen LogP contribution in [0.25, 0.3) is 0 Å². The molecule has 0 saturated carbocycles. The average Bonchev–Trinajstić information content (AvgIpc) is 3.27. The molecule has 1 aliphatic rings. The second-order valence-electron chi connectivity index (χ2n) is 5.18. The molecule has 22 heavy (non-hydrogen) atoms. The lowest BCUT2D eigenvalue weighted by molar-refractivity contribution is 0.198. The van der Waals surface area contributed by atoms with E-state index in [1.54, 1.807) is 11.8 Å². The first-order chi connectivity index (χ1) is 10.8. The minimum Gasteiger partial charge on any atom is -0.336 e. The molecule has 3 rings (SSSR count). The molecule has 0 N–H and O–H groups in total. The molecular weight excluding hydrogens is 314 g/mol. The van der Waals surface area contributed by atoms with Crippen molar-refractivity contribution in [1.82, 2.24) is 24.5 Å². The van der Waals surface area contributed by atoms with Gasteiger partial charge in [-0.2, -0.15) is 10.2 Å². The van der Waals surface area contributed by atoms with Gasteiger partial charge >= 0.3 is 0 Å². The predicted molar refractivity (Wildman–Crippen MR) is 93.3 cm³/mol. The van der Waals surface area contributed by atoms with Crippen LogP contribution < -0.4 is 0 Å². The van der Waals surface area contributed by atoms with Gasteiger partial charge in [-0.15, -0.1) is 11.8 Å². The van der Waals surface area contributed by atoms with Crippen molar-refractivity contribution in [3.05, 3.63) is 48.2 Å². The van der Waals surface area contributed by atoms with Gasteiger partial charge in [-0.25, -0.2) is 0 Å². The fourth-order valence-electron chi connectivity index (χ4n) is 2.75. The highest BCUT2D eigenvalue weighted by Gasteiger charge is 2.23. The number of rotatable bonds is 6. The van der Waals surface area contributed by atoms with Crippen LogP contribution in [0.3, 0.4) is 0 Å². The van der Waals surface area contributed by atoms with Crippen LogP contribution >= 0.6 is 24.0 Å². The van der Waals surface area contributed by atoms with Crippen LogP contribution in [0.2, 0.25) is 0 Å². The summed E-state index contributed by atoms with van der Waals surface area (Å²) in [6, 6.07) is 3.89. The van der Waals surface area contributed by atoms with Crippen LogP contribution in [0.5, 0.6) is 0 Å². The quantitative estimate of drug-likeness (QED) is 0.760. The molecule has 0 aliphatic heterocycles. The highest BCUT2D eigenvalue weighted by Crippen LogP contribution is 2.33. The number of thiocarbonyl (C=S) groups is 1. The molecule has 7 heteroatoms. The zero-order chi connectivity index (χ0) is 15.4. The molecule has 2 aromatic rings. The molecule has 0 unspecified atom stereocenters. The van der Waals surface area contributed by atoms with Crippen LogP contribution in [0.15, 0.2) is 48.2 Å². The molecule has 0 aromatic carbocycles. The molecule has 116 valence electrons. The van der Waals surface area contributed by atoms with Gasteiger partial charge in [-0.3, -0.25) is 9.36 Å². The van der Waals surface area contributed by atoms with Crippen LogP contribution in [0.1, 0.15) is 19.3 Å². The van der Waals surface area contributed by atoms with Crippen molar-refractivity contribution in [3.8, 4) is 0 Å². The molecule has 0 spiro atoms. The number of thioether (sulfide) groups is 1. The molecule has 2 heterocycles. The van der Waals surface area contributed by atoms with Crippen molar-refractivity contribution in [1.29, 1.82) is 0 Å².